The van der Waals surface area contributed by atoms with Crippen LogP contribution < -0.4 is 10.6 Å². The van der Waals surface area contributed by atoms with Gasteiger partial charge in [0.1, 0.15) is 0 Å². The van der Waals surface area contributed by atoms with Crippen LogP contribution in [0.2, 0.25) is 0 Å². The Morgan fingerprint density at radius 3 is 2.70 bits per heavy atom. The predicted octanol–water partition coefficient (Wildman–Crippen LogP) is 4.34. The fourth-order valence-electron chi connectivity index (χ4n) is 1.89. The zero-order chi connectivity index (χ0) is 14.4. The van der Waals surface area contributed by atoms with Crippen LogP contribution in [0, 0.1) is 5.92 Å². The van der Waals surface area contributed by atoms with Crippen LogP contribution in [0.25, 0.3) is 0 Å². The van der Waals surface area contributed by atoms with E-state index in [9.17, 15) is 4.79 Å². The maximum Gasteiger partial charge on any atom is 0.224 e. The molecule has 20 heavy (non-hydrogen) atoms. The second-order valence-corrected chi connectivity index (χ2v) is 6.19. The van der Waals surface area contributed by atoms with Crippen LogP contribution in [0.3, 0.4) is 0 Å². The van der Waals surface area contributed by atoms with Gasteiger partial charge in [0.25, 0.3) is 0 Å². The largest absolute Gasteiger partial charge is 0.380 e. The molecule has 0 saturated carbocycles. The van der Waals surface area contributed by atoms with E-state index in [1.807, 2.05) is 44.2 Å². The van der Waals surface area contributed by atoms with Gasteiger partial charge >= 0.3 is 0 Å². The summed E-state index contributed by atoms with van der Waals surface area (Å²) in [4.78, 5) is 13.0. The molecule has 2 N–H and O–H groups in total. The fraction of sp³-hybridized carbons (Fsp3) is 0.312. The average molecular weight is 288 g/mol. The quantitative estimate of drug-likeness (QED) is 0.830. The first-order valence-electron chi connectivity index (χ1n) is 6.79. The number of carbonyl (C=O) groups is 1. The van der Waals surface area contributed by atoms with Crippen molar-refractivity contribution in [1.29, 1.82) is 0 Å². The Kier molecular flexibility index (Phi) is 5.18. The van der Waals surface area contributed by atoms with Gasteiger partial charge in [0.05, 0.1) is 0 Å². The number of benzene rings is 1. The van der Waals surface area contributed by atoms with Crippen LogP contribution in [0.1, 0.15) is 25.1 Å². The van der Waals surface area contributed by atoms with E-state index in [0.717, 1.165) is 17.9 Å². The number of rotatable bonds is 6. The molecule has 0 radical (unpaired) electrons. The summed E-state index contributed by atoms with van der Waals surface area (Å²) in [5.74, 6) is 0.436. The fourth-order valence-corrected chi connectivity index (χ4v) is 2.54. The van der Waals surface area contributed by atoms with Crippen LogP contribution >= 0.6 is 11.3 Å². The first-order valence-corrected chi connectivity index (χ1v) is 7.67. The Bertz CT molecular complexity index is 549. The summed E-state index contributed by atoms with van der Waals surface area (Å²) in [6.45, 7) is 4.89. The van der Waals surface area contributed by atoms with E-state index >= 15 is 0 Å². The number of amides is 1. The third-order valence-electron chi connectivity index (χ3n) is 2.79. The van der Waals surface area contributed by atoms with Gasteiger partial charge in [-0.15, -0.1) is 11.3 Å². The standard InChI is InChI=1S/C16H20N2OS/c1-12(2)9-16(19)18-14-6-3-5-13(10-14)17-11-15-7-4-8-20-15/h3-8,10,12,17H,9,11H2,1-2H3,(H,18,19). The van der Waals surface area contributed by atoms with Crippen molar-refractivity contribution in [2.45, 2.75) is 26.8 Å². The Morgan fingerprint density at radius 2 is 2.00 bits per heavy atom. The molecule has 0 spiro atoms. The van der Waals surface area contributed by atoms with E-state index in [0.29, 0.717) is 12.3 Å². The molecule has 3 nitrogen and oxygen atoms in total. The molecule has 0 atom stereocenters. The first-order chi connectivity index (χ1) is 9.63. The van der Waals surface area contributed by atoms with Gasteiger partial charge in [-0.1, -0.05) is 26.0 Å². The third kappa shape index (κ3) is 4.70. The van der Waals surface area contributed by atoms with Crippen molar-refractivity contribution in [3.05, 3.63) is 46.7 Å². The van der Waals surface area contributed by atoms with Crippen molar-refractivity contribution >= 4 is 28.6 Å². The molecule has 0 aliphatic carbocycles. The number of hydrogen-bond acceptors (Lipinski definition) is 3. The molecular weight excluding hydrogens is 268 g/mol. The highest BCUT2D eigenvalue weighted by Gasteiger charge is 2.05. The minimum atomic E-state index is 0.0652. The molecule has 4 heteroatoms. The number of nitrogens with one attached hydrogen (secondary N) is 2. The lowest BCUT2D eigenvalue weighted by atomic mass is 10.1. The highest BCUT2D eigenvalue weighted by Crippen LogP contribution is 2.18. The molecule has 0 unspecified atom stereocenters. The molecular formula is C16H20N2OS. The van der Waals surface area contributed by atoms with Gasteiger partial charge in [-0.3, -0.25) is 4.79 Å². The highest BCUT2D eigenvalue weighted by atomic mass is 32.1. The Hall–Kier alpha value is -1.81. The molecule has 0 saturated heterocycles. The number of carbonyl (C=O) groups excluding carboxylic acids is 1. The molecule has 1 heterocycles. The maximum atomic E-state index is 11.7. The molecule has 2 aromatic rings. The van der Waals surface area contributed by atoms with Gasteiger partial charge in [0, 0.05) is 29.2 Å². The monoisotopic (exact) mass is 288 g/mol. The summed E-state index contributed by atoms with van der Waals surface area (Å²) in [7, 11) is 0. The second-order valence-electron chi connectivity index (χ2n) is 5.16. The number of anilines is 2. The van der Waals surface area contributed by atoms with Crippen molar-refractivity contribution in [2.24, 2.45) is 5.92 Å². The maximum absolute atomic E-state index is 11.7. The van der Waals surface area contributed by atoms with E-state index in [-0.39, 0.29) is 5.91 Å². The van der Waals surface area contributed by atoms with Gasteiger partial charge in [-0.2, -0.15) is 0 Å². The molecule has 2 rings (SSSR count). The van der Waals surface area contributed by atoms with Gasteiger partial charge in [0.2, 0.25) is 5.91 Å². The van der Waals surface area contributed by atoms with Crippen LogP contribution in [0.15, 0.2) is 41.8 Å². The third-order valence-corrected chi connectivity index (χ3v) is 3.66. The van der Waals surface area contributed by atoms with Gasteiger partial charge < -0.3 is 10.6 Å². The van der Waals surface area contributed by atoms with E-state index in [1.165, 1.54) is 4.88 Å². The summed E-state index contributed by atoms with van der Waals surface area (Å²) >= 11 is 1.73. The second kappa shape index (κ2) is 7.10. The van der Waals surface area contributed by atoms with Gasteiger partial charge in [-0.05, 0) is 35.6 Å². The molecule has 1 aromatic heterocycles. The lowest BCUT2D eigenvalue weighted by Crippen LogP contribution is -2.13. The van der Waals surface area contributed by atoms with E-state index < -0.39 is 0 Å². The smallest absolute Gasteiger partial charge is 0.224 e. The Balaban J connectivity index is 1.92. The van der Waals surface area contributed by atoms with Crippen molar-refractivity contribution in [1.82, 2.24) is 0 Å². The minimum absolute atomic E-state index is 0.0652. The Labute approximate surface area is 124 Å². The lowest BCUT2D eigenvalue weighted by Gasteiger charge is -2.10. The van der Waals surface area contributed by atoms with Crippen LogP contribution in [0.4, 0.5) is 11.4 Å². The molecule has 1 amide bonds. The topological polar surface area (TPSA) is 41.1 Å². The molecule has 0 aliphatic rings. The van der Waals surface area contributed by atoms with Crippen molar-refractivity contribution in [3.63, 3.8) is 0 Å². The SMILES string of the molecule is CC(C)CC(=O)Nc1cccc(NCc2cccs2)c1. The van der Waals surface area contributed by atoms with Gasteiger partial charge in [0.15, 0.2) is 0 Å². The predicted molar refractivity (Wildman–Crippen MR) is 86.2 cm³/mol. The average Bonchev–Trinajstić information content (AvgIpc) is 2.88. The van der Waals surface area contributed by atoms with E-state index in [1.54, 1.807) is 11.3 Å². The summed E-state index contributed by atoms with van der Waals surface area (Å²) in [6, 6.07) is 12.0. The van der Waals surface area contributed by atoms with Crippen LogP contribution in [0.5, 0.6) is 0 Å². The normalized spacial score (nSPS) is 10.6. The summed E-state index contributed by atoms with van der Waals surface area (Å²) < 4.78 is 0. The highest BCUT2D eigenvalue weighted by molar-refractivity contribution is 7.09. The molecule has 1 aromatic carbocycles. The first kappa shape index (κ1) is 14.6. The summed E-state index contributed by atoms with van der Waals surface area (Å²) in [6.07, 6.45) is 0.548. The molecule has 0 bridgehead atoms. The number of thiophene rings is 1. The molecule has 0 fully saturated rings. The number of hydrogen-bond donors (Lipinski definition) is 2. The molecule has 0 aliphatic heterocycles. The zero-order valence-electron chi connectivity index (χ0n) is 11.8. The van der Waals surface area contributed by atoms with Crippen LogP contribution in [-0.4, -0.2) is 5.91 Å². The zero-order valence-corrected chi connectivity index (χ0v) is 12.7. The Morgan fingerprint density at radius 1 is 1.20 bits per heavy atom. The van der Waals surface area contributed by atoms with Crippen LogP contribution in [-0.2, 0) is 11.3 Å². The summed E-state index contributed by atoms with van der Waals surface area (Å²) in [5, 5.41) is 8.36. The lowest BCUT2D eigenvalue weighted by molar-refractivity contribution is -0.116. The minimum Gasteiger partial charge on any atom is -0.380 e. The van der Waals surface area contributed by atoms with E-state index in [2.05, 4.69) is 22.1 Å². The van der Waals surface area contributed by atoms with Crippen molar-refractivity contribution in [2.75, 3.05) is 10.6 Å². The van der Waals surface area contributed by atoms with Gasteiger partial charge in [-0.25, -0.2) is 0 Å². The van der Waals surface area contributed by atoms with Crippen molar-refractivity contribution < 1.29 is 4.79 Å². The van der Waals surface area contributed by atoms with E-state index in [4.69, 9.17) is 0 Å². The summed E-state index contributed by atoms with van der Waals surface area (Å²) in [5.41, 5.74) is 1.85. The molecule has 106 valence electrons. The van der Waals surface area contributed by atoms with Crippen molar-refractivity contribution in [3.8, 4) is 0 Å².